The van der Waals surface area contributed by atoms with Gasteiger partial charge in [-0.05, 0) is 71.0 Å². The molecule has 3 aliphatic rings. The average Bonchev–Trinajstić information content (AvgIpc) is 2.83. The van der Waals surface area contributed by atoms with Crippen LogP contribution < -0.4 is 5.32 Å². The molecule has 6 heteroatoms. The highest BCUT2D eigenvalue weighted by atomic mass is 79.9. The van der Waals surface area contributed by atoms with Crippen molar-refractivity contribution in [1.82, 2.24) is 5.32 Å². The van der Waals surface area contributed by atoms with Crippen molar-refractivity contribution in [3.8, 4) is 0 Å². The molecule has 3 saturated carbocycles. The lowest BCUT2D eigenvalue weighted by atomic mass is 10.0. The van der Waals surface area contributed by atoms with Crippen molar-refractivity contribution in [3.63, 3.8) is 0 Å². The van der Waals surface area contributed by atoms with E-state index in [-0.39, 0.29) is 11.6 Å². The molecule has 3 aliphatic carbocycles. The highest BCUT2D eigenvalue weighted by molar-refractivity contribution is 9.10. The summed E-state index contributed by atoms with van der Waals surface area (Å²) in [7, 11) is 0. The molecule has 21 heavy (non-hydrogen) atoms. The van der Waals surface area contributed by atoms with E-state index in [0.29, 0.717) is 27.9 Å². The number of hydrogen-bond donors (Lipinski definition) is 1. The second kappa shape index (κ2) is 4.53. The summed E-state index contributed by atoms with van der Waals surface area (Å²) in [5.74, 6) is 2.73. The topological polar surface area (TPSA) is 72.2 Å². The van der Waals surface area contributed by atoms with Crippen LogP contribution >= 0.6 is 15.9 Å². The van der Waals surface area contributed by atoms with Crippen molar-refractivity contribution in [1.29, 1.82) is 0 Å². The van der Waals surface area contributed by atoms with Gasteiger partial charge in [0.15, 0.2) is 0 Å². The van der Waals surface area contributed by atoms with Crippen molar-refractivity contribution >= 4 is 27.5 Å². The zero-order valence-electron chi connectivity index (χ0n) is 11.3. The number of benzene rings is 1. The van der Waals surface area contributed by atoms with Crippen LogP contribution in [0, 0.1) is 33.8 Å². The summed E-state index contributed by atoms with van der Waals surface area (Å²) in [6.07, 6.45) is 3.95. The van der Waals surface area contributed by atoms with E-state index in [0.717, 1.165) is 11.8 Å². The number of nitrogens with one attached hydrogen (secondary N) is 1. The first kappa shape index (κ1) is 13.2. The number of amides is 1. The van der Waals surface area contributed by atoms with Crippen LogP contribution in [0.2, 0.25) is 0 Å². The highest BCUT2D eigenvalue weighted by Gasteiger charge is 2.65. The first-order chi connectivity index (χ1) is 10.1. The van der Waals surface area contributed by atoms with E-state index in [9.17, 15) is 14.9 Å². The molecule has 1 aromatic rings. The molecule has 4 rings (SSSR count). The molecule has 0 spiro atoms. The van der Waals surface area contributed by atoms with E-state index >= 15 is 0 Å². The summed E-state index contributed by atoms with van der Waals surface area (Å²) < 4.78 is 0.394. The lowest BCUT2D eigenvalue weighted by Gasteiger charge is -2.10. The van der Waals surface area contributed by atoms with Gasteiger partial charge in [0, 0.05) is 17.7 Å². The fourth-order valence-electron chi connectivity index (χ4n) is 4.55. The van der Waals surface area contributed by atoms with Crippen LogP contribution in [0.25, 0.3) is 0 Å². The summed E-state index contributed by atoms with van der Waals surface area (Å²) >= 11 is 3.13. The smallest absolute Gasteiger partial charge is 0.284 e. The summed E-state index contributed by atoms with van der Waals surface area (Å²) in [4.78, 5) is 22.7. The summed E-state index contributed by atoms with van der Waals surface area (Å²) in [5, 5.41) is 14.0. The average molecular weight is 351 g/mol. The van der Waals surface area contributed by atoms with Gasteiger partial charge in [0.05, 0.1) is 9.40 Å². The molecule has 0 heterocycles. The van der Waals surface area contributed by atoms with Crippen LogP contribution in [0.15, 0.2) is 22.7 Å². The Bertz CT molecular complexity index is 632. The van der Waals surface area contributed by atoms with Crippen LogP contribution in [0.5, 0.6) is 0 Å². The Balaban J connectivity index is 1.49. The van der Waals surface area contributed by atoms with E-state index < -0.39 is 4.92 Å². The number of nitro benzene ring substituents is 1. The van der Waals surface area contributed by atoms with E-state index in [1.165, 1.54) is 25.3 Å². The Kier molecular flexibility index (Phi) is 2.86. The van der Waals surface area contributed by atoms with Gasteiger partial charge in [0.2, 0.25) is 0 Å². The Hall–Kier alpha value is -1.43. The van der Waals surface area contributed by atoms with Gasteiger partial charge >= 0.3 is 0 Å². The zero-order chi connectivity index (χ0) is 14.7. The summed E-state index contributed by atoms with van der Waals surface area (Å²) in [6.45, 7) is 0. The van der Waals surface area contributed by atoms with Gasteiger partial charge in [-0.25, -0.2) is 0 Å². The summed E-state index contributed by atoms with van der Waals surface area (Å²) in [5.41, 5.74) is 0.293. The lowest BCUT2D eigenvalue weighted by Crippen LogP contribution is -2.29. The lowest BCUT2D eigenvalue weighted by molar-refractivity contribution is -0.385. The van der Waals surface area contributed by atoms with Gasteiger partial charge in [-0.1, -0.05) is 0 Å². The monoisotopic (exact) mass is 350 g/mol. The minimum Gasteiger partial charge on any atom is -0.349 e. The van der Waals surface area contributed by atoms with Gasteiger partial charge in [-0.2, -0.15) is 0 Å². The van der Waals surface area contributed by atoms with Crippen molar-refractivity contribution in [2.45, 2.75) is 25.3 Å². The maximum Gasteiger partial charge on any atom is 0.284 e. The van der Waals surface area contributed by atoms with Gasteiger partial charge in [-0.3, -0.25) is 14.9 Å². The number of halogens is 1. The number of nitrogens with zero attached hydrogens (tertiary/aromatic N) is 1. The second-order valence-electron chi connectivity index (χ2n) is 6.41. The number of hydrogen-bond acceptors (Lipinski definition) is 3. The van der Waals surface area contributed by atoms with Crippen molar-refractivity contribution in [3.05, 3.63) is 38.3 Å². The minimum absolute atomic E-state index is 0.0706. The van der Waals surface area contributed by atoms with Crippen LogP contribution in [0.3, 0.4) is 0 Å². The van der Waals surface area contributed by atoms with E-state index in [1.807, 2.05) is 0 Å². The van der Waals surface area contributed by atoms with Gasteiger partial charge < -0.3 is 5.32 Å². The fourth-order valence-corrected chi connectivity index (χ4v) is 4.94. The summed E-state index contributed by atoms with van der Waals surface area (Å²) in [6, 6.07) is 4.82. The number of nitro groups is 1. The Labute approximate surface area is 130 Å². The Morgan fingerprint density at radius 3 is 2.57 bits per heavy atom. The first-order valence-corrected chi connectivity index (χ1v) is 8.10. The van der Waals surface area contributed by atoms with Gasteiger partial charge in [0.1, 0.15) is 0 Å². The van der Waals surface area contributed by atoms with E-state index in [2.05, 4.69) is 21.2 Å². The SMILES string of the molecule is O=C(NC1C2C3CCC(C3)C12)c1ccc(Br)c([N+](=O)[O-])c1. The molecule has 0 aliphatic heterocycles. The Morgan fingerprint density at radius 2 is 1.95 bits per heavy atom. The molecular formula is C15H15BrN2O3. The Morgan fingerprint density at radius 1 is 1.29 bits per heavy atom. The van der Waals surface area contributed by atoms with Gasteiger partial charge in [-0.15, -0.1) is 0 Å². The third kappa shape index (κ3) is 1.99. The largest absolute Gasteiger partial charge is 0.349 e. The normalized spacial score (nSPS) is 35.4. The predicted octanol–water partition coefficient (Wildman–Crippen LogP) is 3.13. The standard InChI is InChI=1S/C15H15BrN2O3/c16-10-4-3-9(6-11(10)18(20)21)15(19)17-14-12-7-1-2-8(5-7)13(12)14/h3-4,6-8,12-14H,1-2,5H2,(H,17,19). The van der Waals surface area contributed by atoms with Crippen molar-refractivity contribution in [2.24, 2.45) is 23.7 Å². The molecule has 1 N–H and O–H groups in total. The molecule has 110 valence electrons. The molecule has 1 amide bonds. The maximum atomic E-state index is 12.3. The van der Waals surface area contributed by atoms with E-state index in [4.69, 9.17) is 0 Å². The molecule has 0 aromatic heterocycles. The van der Waals surface area contributed by atoms with Crippen LogP contribution in [-0.2, 0) is 0 Å². The molecule has 4 unspecified atom stereocenters. The van der Waals surface area contributed by atoms with Crippen LogP contribution in [0.1, 0.15) is 29.6 Å². The second-order valence-corrected chi connectivity index (χ2v) is 7.26. The molecular weight excluding hydrogens is 336 g/mol. The number of carbonyl (C=O) groups is 1. The molecule has 1 aromatic carbocycles. The van der Waals surface area contributed by atoms with Gasteiger partial charge in [0.25, 0.3) is 11.6 Å². The highest BCUT2D eigenvalue weighted by Crippen LogP contribution is 2.65. The quantitative estimate of drug-likeness (QED) is 0.672. The molecule has 3 fully saturated rings. The third-order valence-electron chi connectivity index (χ3n) is 5.44. The van der Waals surface area contributed by atoms with Crippen molar-refractivity contribution < 1.29 is 9.72 Å². The number of fused-ring (bicyclic) bond motifs is 5. The number of rotatable bonds is 3. The molecule has 2 bridgehead atoms. The maximum absolute atomic E-state index is 12.3. The van der Waals surface area contributed by atoms with E-state index in [1.54, 1.807) is 12.1 Å². The molecule has 5 nitrogen and oxygen atoms in total. The minimum atomic E-state index is -0.479. The van der Waals surface area contributed by atoms with Crippen molar-refractivity contribution in [2.75, 3.05) is 0 Å². The van der Waals surface area contributed by atoms with Crippen LogP contribution in [0.4, 0.5) is 5.69 Å². The zero-order valence-corrected chi connectivity index (χ0v) is 12.9. The predicted molar refractivity (Wildman–Crippen MR) is 79.9 cm³/mol. The third-order valence-corrected chi connectivity index (χ3v) is 6.11. The molecule has 0 radical (unpaired) electrons. The molecule has 0 saturated heterocycles. The first-order valence-electron chi connectivity index (χ1n) is 7.31. The van der Waals surface area contributed by atoms with Crippen LogP contribution in [-0.4, -0.2) is 16.9 Å². The molecule has 4 atom stereocenters. The number of carbonyl (C=O) groups excluding carboxylic acids is 1. The fraction of sp³-hybridized carbons (Fsp3) is 0.533.